The monoisotopic (exact) mass is 588 g/mol. The molecule has 0 saturated heterocycles. The van der Waals surface area contributed by atoms with E-state index in [0.717, 1.165) is 27.8 Å². The van der Waals surface area contributed by atoms with E-state index in [-0.39, 0.29) is 30.1 Å². The minimum Gasteiger partial charge on any atom is -0.508 e. The van der Waals surface area contributed by atoms with Crippen molar-refractivity contribution in [1.29, 1.82) is 0 Å². The van der Waals surface area contributed by atoms with Gasteiger partial charge in [-0.15, -0.1) is 0 Å². The molecular weight excluding hydrogens is 548 g/mol. The summed E-state index contributed by atoms with van der Waals surface area (Å²) in [6.07, 6.45) is -7.45. The van der Waals surface area contributed by atoms with E-state index in [2.05, 4.69) is 0 Å². The van der Waals surface area contributed by atoms with E-state index in [1.54, 1.807) is 48.5 Å². The van der Waals surface area contributed by atoms with Crippen LogP contribution in [-0.4, -0.2) is 66.8 Å². The Morgan fingerprint density at radius 2 is 1.33 bits per heavy atom. The minimum absolute atomic E-state index is 0.154. The van der Waals surface area contributed by atoms with Gasteiger partial charge in [-0.1, -0.05) is 66.7 Å². The van der Waals surface area contributed by atoms with Gasteiger partial charge >= 0.3 is 0 Å². The first kappa shape index (κ1) is 32.2. The molecule has 1 unspecified atom stereocenters. The molecule has 0 fully saturated rings. The van der Waals surface area contributed by atoms with Crippen LogP contribution in [0.2, 0.25) is 0 Å². The second kappa shape index (κ2) is 14.1. The lowest BCUT2D eigenvalue weighted by Gasteiger charge is -2.39. The average molecular weight is 589 g/mol. The highest BCUT2D eigenvalue weighted by molar-refractivity contribution is 5.49. The quantitative estimate of drug-likeness (QED) is 0.126. The van der Waals surface area contributed by atoms with E-state index in [1.807, 2.05) is 56.3 Å². The number of aryl methyl sites for hydroxylation is 2. The molecule has 43 heavy (non-hydrogen) atoms. The fourth-order valence-corrected chi connectivity index (χ4v) is 5.26. The van der Waals surface area contributed by atoms with Gasteiger partial charge in [0, 0.05) is 12.0 Å². The van der Waals surface area contributed by atoms with E-state index >= 15 is 0 Å². The van der Waals surface area contributed by atoms with E-state index < -0.39 is 36.6 Å². The Morgan fingerprint density at radius 3 is 1.93 bits per heavy atom. The molecule has 7 N–H and O–H groups in total. The number of phenolic OH excluding ortho intramolecular Hbond substituents is 1. The molecular formula is C35H40O8. The molecule has 0 amide bonds. The van der Waals surface area contributed by atoms with Gasteiger partial charge in [-0.05, 0) is 77.9 Å². The first-order chi connectivity index (χ1) is 20.5. The first-order valence-electron chi connectivity index (χ1n) is 14.2. The summed E-state index contributed by atoms with van der Waals surface area (Å²) in [6, 6.07) is 27.0. The van der Waals surface area contributed by atoms with Crippen molar-refractivity contribution in [2.24, 2.45) is 0 Å². The van der Waals surface area contributed by atoms with Crippen molar-refractivity contribution in [3.05, 3.63) is 130 Å². The number of phenols is 1. The second-order valence-corrected chi connectivity index (χ2v) is 11.1. The third-order valence-electron chi connectivity index (χ3n) is 7.91. The molecule has 4 aromatic rings. The van der Waals surface area contributed by atoms with Crippen LogP contribution >= 0.6 is 0 Å². The van der Waals surface area contributed by atoms with Crippen molar-refractivity contribution in [1.82, 2.24) is 0 Å². The summed E-state index contributed by atoms with van der Waals surface area (Å²) in [4.78, 5) is 0. The molecule has 0 saturated carbocycles. The van der Waals surface area contributed by atoms with Crippen molar-refractivity contribution in [3.63, 3.8) is 0 Å². The van der Waals surface area contributed by atoms with Crippen LogP contribution in [0.5, 0.6) is 11.5 Å². The fourth-order valence-electron chi connectivity index (χ4n) is 5.26. The first-order valence-corrected chi connectivity index (χ1v) is 14.2. The lowest BCUT2D eigenvalue weighted by molar-refractivity contribution is -0.177. The van der Waals surface area contributed by atoms with Crippen LogP contribution in [0.4, 0.5) is 0 Å². The Balaban J connectivity index is 1.86. The number of aliphatic hydroxyl groups is 6. The summed E-state index contributed by atoms with van der Waals surface area (Å²) < 4.78 is 6.25. The summed E-state index contributed by atoms with van der Waals surface area (Å²) in [5, 5.41) is 74.8. The van der Waals surface area contributed by atoms with E-state index in [4.69, 9.17) is 4.74 Å². The highest BCUT2D eigenvalue weighted by Gasteiger charge is 2.47. The van der Waals surface area contributed by atoms with E-state index in [0.29, 0.717) is 12.0 Å². The van der Waals surface area contributed by atoms with Crippen molar-refractivity contribution in [2.75, 3.05) is 6.61 Å². The maximum absolute atomic E-state index is 12.5. The van der Waals surface area contributed by atoms with Crippen LogP contribution in [0.15, 0.2) is 91.0 Å². The smallest absolute Gasteiger partial charge is 0.126 e. The van der Waals surface area contributed by atoms with Crippen LogP contribution < -0.4 is 4.74 Å². The van der Waals surface area contributed by atoms with Gasteiger partial charge < -0.3 is 40.5 Å². The molecule has 0 bridgehead atoms. The Labute approximate surface area is 251 Å². The summed E-state index contributed by atoms with van der Waals surface area (Å²) in [6.45, 7) is 3.11. The fraction of sp³-hybridized carbons (Fsp3) is 0.314. The molecule has 0 spiro atoms. The number of aliphatic hydroxyl groups excluding tert-OH is 5. The van der Waals surface area contributed by atoms with Crippen LogP contribution in [0.1, 0.15) is 38.9 Å². The lowest BCUT2D eigenvalue weighted by atomic mass is 9.77. The molecule has 0 radical (unpaired) electrons. The van der Waals surface area contributed by atoms with Crippen molar-refractivity contribution >= 4 is 0 Å². The molecule has 8 nitrogen and oxygen atoms in total. The second-order valence-electron chi connectivity index (χ2n) is 11.1. The minimum atomic E-state index is -2.21. The predicted octanol–water partition coefficient (Wildman–Crippen LogP) is 3.05. The maximum Gasteiger partial charge on any atom is 0.126 e. The van der Waals surface area contributed by atoms with Gasteiger partial charge in [-0.2, -0.15) is 0 Å². The number of hydrogen-bond acceptors (Lipinski definition) is 8. The zero-order valence-electron chi connectivity index (χ0n) is 24.3. The molecule has 4 aromatic carbocycles. The van der Waals surface area contributed by atoms with Crippen molar-refractivity contribution < 1.29 is 40.5 Å². The molecule has 0 heterocycles. The van der Waals surface area contributed by atoms with Crippen molar-refractivity contribution in [3.8, 4) is 11.5 Å². The standard InChI is InChI=1S/C35H40O8/c1-22-15-28(37)14-13-26(22)17-27-18-29(31(16-23(27)2)43-21-25-11-7-4-8-12-25)35(42,19-24-9-5-3-6-10-24)34(41)33(40)32(39)30(38)20-36/h3-16,18,30,32-34,36-42H,17,19-21H2,1-2H3/t30-,32-,33+,34-,35?/m1/s1. The van der Waals surface area contributed by atoms with Gasteiger partial charge in [0.1, 0.15) is 48.1 Å². The average Bonchev–Trinajstić information content (AvgIpc) is 3.01. The zero-order valence-corrected chi connectivity index (χ0v) is 24.3. The van der Waals surface area contributed by atoms with Gasteiger partial charge in [0.15, 0.2) is 0 Å². The number of benzene rings is 4. The topological polar surface area (TPSA) is 151 Å². The SMILES string of the molecule is Cc1cc(O)ccc1Cc1cc(C(O)(Cc2ccccc2)[C@H](O)[C@@H](O)[C@H](O)[C@H](O)CO)c(OCc2ccccc2)cc1C. The third kappa shape index (κ3) is 7.61. The van der Waals surface area contributed by atoms with Crippen LogP contribution in [0.3, 0.4) is 0 Å². The summed E-state index contributed by atoms with van der Waals surface area (Å²) in [5.74, 6) is 0.427. The molecule has 5 atom stereocenters. The Morgan fingerprint density at radius 1 is 0.721 bits per heavy atom. The van der Waals surface area contributed by atoms with Crippen LogP contribution in [0, 0.1) is 13.8 Å². The molecule has 0 aliphatic rings. The molecule has 0 aromatic heterocycles. The zero-order chi connectivity index (χ0) is 31.1. The largest absolute Gasteiger partial charge is 0.508 e. The number of ether oxygens (including phenoxy) is 1. The number of hydrogen-bond donors (Lipinski definition) is 7. The highest BCUT2D eigenvalue weighted by Crippen LogP contribution is 2.40. The Bertz CT molecular complexity index is 1480. The van der Waals surface area contributed by atoms with Crippen LogP contribution in [0.25, 0.3) is 0 Å². The molecule has 228 valence electrons. The van der Waals surface area contributed by atoms with E-state index in [1.165, 1.54) is 0 Å². The summed E-state index contributed by atoms with van der Waals surface area (Å²) >= 11 is 0. The van der Waals surface area contributed by atoms with Gasteiger partial charge in [0.25, 0.3) is 0 Å². The van der Waals surface area contributed by atoms with Crippen molar-refractivity contribution in [2.45, 2.75) is 63.3 Å². The number of rotatable bonds is 13. The molecule has 4 rings (SSSR count). The molecule has 8 heteroatoms. The van der Waals surface area contributed by atoms with Gasteiger partial charge in [0.2, 0.25) is 0 Å². The summed E-state index contributed by atoms with van der Waals surface area (Å²) in [7, 11) is 0. The predicted molar refractivity (Wildman–Crippen MR) is 163 cm³/mol. The molecule has 0 aliphatic heterocycles. The molecule has 0 aliphatic carbocycles. The highest BCUT2D eigenvalue weighted by atomic mass is 16.5. The summed E-state index contributed by atoms with van der Waals surface area (Å²) in [5.41, 5.74) is 2.96. The Hall–Kier alpha value is -3.76. The van der Waals surface area contributed by atoms with Crippen LogP contribution in [-0.2, 0) is 25.0 Å². The third-order valence-corrected chi connectivity index (χ3v) is 7.91. The van der Waals surface area contributed by atoms with Gasteiger partial charge in [-0.25, -0.2) is 0 Å². The van der Waals surface area contributed by atoms with Gasteiger partial charge in [0.05, 0.1) is 6.61 Å². The van der Waals surface area contributed by atoms with E-state index in [9.17, 15) is 35.7 Å². The maximum atomic E-state index is 12.5. The number of aromatic hydroxyl groups is 1. The normalized spacial score (nSPS) is 15.7. The van der Waals surface area contributed by atoms with Gasteiger partial charge in [-0.3, -0.25) is 0 Å². The Kier molecular flexibility index (Phi) is 10.6. The lowest BCUT2D eigenvalue weighted by Crippen LogP contribution is -2.55.